The normalized spacial score (nSPS) is 11.6. The number of aromatic nitrogens is 2. The van der Waals surface area contributed by atoms with Gasteiger partial charge < -0.3 is 0 Å². The Kier molecular flexibility index (Phi) is 4.32. The number of nitriles is 1. The van der Waals surface area contributed by atoms with E-state index < -0.39 is 10.0 Å². The second kappa shape index (κ2) is 5.85. The first-order valence-corrected chi connectivity index (χ1v) is 7.80. The van der Waals surface area contributed by atoms with Crippen LogP contribution < -0.4 is 0 Å². The van der Waals surface area contributed by atoms with Gasteiger partial charge in [-0.2, -0.15) is 14.7 Å². The lowest BCUT2D eigenvalue weighted by Gasteiger charge is -2.17. The predicted molar refractivity (Wildman–Crippen MR) is 78.0 cm³/mol. The van der Waals surface area contributed by atoms with Crippen molar-refractivity contribution in [3.05, 3.63) is 46.7 Å². The summed E-state index contributed by atoms with van der Waals surface area (Å²) in [6.45, 7) is 0.170. The molecule has 0 saturated carbocycles. The van der Waals surface area contributed by atoms with Crippen molar-refractivity contribution in [3.8, 4) is 6.07 Å². The molecule has 0 atom stereocenters. The molecule has 1 heterocycles. The molecule has 1 aromatic carbocycles. The van der Waals surface area contributed by atoms with Crippen LogP contribution in [0.1, 0.15) is 11.1 Å². The first kappa shape index (κ1) is 15.5. The molecule has 0 fully saturated rings. The van der Waals surface area contributed by atoms with Gasteiger partial charge in [-0.25, -0.2) is 8.42 Å². The van der Waals surface area contributed by atoms with Crippen LogP contribution in [0.4, 0.5) is 0 Å². The summed E-state index contributed by atoms with van der Waals surface area (Å²) in [6, 6.07) is 6.06. The van der Waals surface area contributed by atoms with Gasteiger partial charge in [-0.1, -0.05) is 11.6 Å². The van der Waals surface area contributed by atoms with Gasteiger partial charge in [0.05, 0.1) is 22.9 Å². The minimum absolute atomic E-state index is 0.0744. The van der Waals surface area contributed by atoms with Crippen LogP contribution in [-0.4, -0.2) is 29.6 Å². The molecule has 0 N–H and O–H groups in total. The molecule has 0 radical (unpaired) electrons. The maximum Gasteiger partial charge on any atom is 0.244 e. The van der Waals surface area contributed by atoms with Crippen LogP contribution >= 0.6 is 11.6 Å². The third kappa shape index (κ3) is 3.24. The van der Waals surface area contributed by atoms with Crippen LogP contribution in [0.5, 0.6) is 0 Å². The quantitative estimate of drug-likeness (QED) is 0.858. The number of halogens is 1. The van der Waals surface area contributed by atoms with E-state index in [9.17, 15) is 8.42 Å². The average molecular weight is 325 g/mol. The van der Waals surface area contributed by atoms with E-state index in [1.165, 1.54) is 29.6 Å². The number of hydrogen-bond donors (Lipinski definition) is 0. The maximum atomic E-state index is 12.5. The van der Waals surface area contributed by atoms with Crippen LogP contribution in [0.2, 0.25) is 5.02 Å². The van der Waals surface area contributed by atoms with Crippen molar-refractivity contribution >= 4 is 21.6 Å². The predicted octanol–water partition coefficient (Wildman–Crippen LogP) is 1.77. The molecular weight excluding hydrogens is 312 g/mol. The highest BCUT2D eigenvalue weighted by molar-refractivity contribution is 7.89. The molecule has 21 heavy (non-hydrogen) atoms. The summed E-state index contributed by atoms with van der Waals surface area (Å²) >= 11 is 5.96. The fraction of sp³-hybridized carbons (Fsp3) is 0.231. The summed E-state index contributed by atoms with van der Waals surface area (Å²) in [6.07, 6.45) is 3.33. The van der Waals surface area contributed by atoms with Gasteiger partial charge in [0.25, 0.3) is 0 Å². The molecule has 0 aliphatic carbocycles. The van der Waals surface area contributed by atoms with Crippen LogP contribution in [0.15, 0.2) is 35.5 Å². The summed E-state index contributed by atoms with van der Waals surface area (Å²) in [5.41, 5.74) is 1.00. The minimum atomic E-state index is -3.78. The van der Waals surface area contributed by atoms with Crippen molar-refractivity contribution in [2.24, 2.45) is 7.05 Å². The summed E-state index contributed by atoms with van der Waals surface area (Å²) in [4.78, 5) is -0.0744. The maximum absolute atomic E-state index is 12.5. The van der Waals surface area contributed by atoms with Crippen LogP contribution in [0.3, 0.4) is 0 Å². The summed E-state index contributed by atoms with van der Waals surface area (Å²) in [7, 11) is -0.567. The first-order chi connectivity index (χ1) is 9.84. The SMILES string of the molecule is CN(Cc1cnn(C)c1)S(=O)(=O)c1cc(C#N)ccc1Cl. The van der Waals surface area contributed by atoms with Crippen LogP contribution in [-0.2, 0) is 23.6 Å². The lowest BCUT2D eigenvalue weighted by molar-refractivity contribution is 0.466. The summed E-state index contributed by atoms with van der Waals surface area (Å²) < 4.78 is 27.8. The van der Waals surface area contributed by atoms with E-state index >= 15 is 0 Å². The molecule has 110 valence electrons. The largest absolute Gasteiger partial charge is 0.275 e. The van der Waals surface area contributed by atoms with Gasteiger partial charge in [0.2, 0.25) is 10.0 Å². The summed E-state index contributed by atoms with van der Waals surface area (Å²) in [5.74, 6) is 0. The zero-order valence-electron chi connectivity index (χ0n) is 11.5. The van der Waals surface area contributed by atoms with E-state index in [1.54, 1.807) is 24.1 Å². The van der Waals surface area contributed by atoms with E-state index in [0.29, 0.717) is 0 Å². The molecule has 0 saturated heterocycles. The Labute approximate surface area is 128 Å². The highest BCUT2D eigenvalue weighted by Crippen LogP contribution is 2.25. The fourth-order valence-corrected chi connectivity index (χ4v) is 3.49. The smallest absolute Gasteiger partial charge is 0.244 e. The van der Waals surface area contributed by atoms with Gasteiger partial charge in [0.15, 0.2) is 0 Å². The van der Waals surface area contributed by atoms with E-state index in [-0.39, 0.29) is 22.0 Å². The Morgan fingerprint density at radius 3 is 2.76 bits per heavy atom. The van der Waals surface area contributed by atoms with Gasteiger partial charge >= 0.3 is 0 Å². The molecule has 1 aromatic heterocycles. The topological polar surface area (TPSA) is 79.0 Å². The van der Waals surface area contributed by atoms with Crippen molar-refractivity contribution in [2.75, 3.05) is 7.05 Å². The van der Waals surface area contributed by atoms with Crippen LogP contribution in [0, 0.1) is 11.3 Å². The molecule has 0 spiro atoms. The lowest BCUT2D eigenvalue weighted by atomic mass is 10.2. The first-order valence-electron chi connectivity index (χ1n) is 5.98. The Balaban J connectivity index is 2.35. The van der Waals surface area contributed by atoms with Crippen molar-refractivity contribution in [2.45, 2.75) is 11.4 Å². The molecule has 0 unspecified atom stereocenters. The van der Waals surface area contributed by atoms with Crippen LogP contribution in [0.25, 0.3) is 0 Å². The number of nitrogens with zero attached hydrogens (tertiary/aromatic N) is 4. The lowest BCUT2D eigenvalue weighted by Crippen LogP contribution is -2.26. The second-order valence-corrected chi connectivity index (χ2v) is 6.96. The number of benzene rings is 1. The third-order valence-corrected chi connectivity index (χ3v) is 5.20. The highest BCUT2D eigenvalue weighted by Gasteiger charge is 2.24. The fourth-order valence-electron chi connectivity index (χ4n) is 1.83. The Morgan fingerprint density at radius 1 is 1.48 bits per heavy atom. The zero-order valence-corrected chi connectivity index (χ0v) is 13.1. The third-order valence-electron chi connectivity index (χ3n) is 2.91. The van der Waals surface area contributed by atoms with Gasteiger partial charge in [-0.15, -0.1) is 0 Å². The van der Waals surface area contributed by atoms with Crippen molar-refractivity contribution in [3.63, 3.8) is 0 Å². The molecule has 8 heteroatoms. The molecule has 0 aliphatic rings. The van der Waals surface area contributed by atoms with Gasteiger partial charge in [-0.05, 0) is 18.2 Å². The molecule has 0 amide bonds. The van der Waals surface area contributed by atoms with E-state index in [4.69, 9.17) is 16.9 Å². The number of hydrogen-bond acceptors (Lipinski definition) is 4. The zero-order chi connectivity index (χ0) is 15.6. The Hall–Kier alpha value is -1.88. The number of sulfonamides is 1. The van der Waals surface area contributed by atoms with Gasteiger partial charge in [0, 0.05) is 32.4 Å². The van der Waals surface area contributed by atoms with Crippen molar-refractivity contribution < 1.29 is 8.42 Å². The van der Waals surface area contributed by atoms with Crippen molar-refractivity contribution in [1.29, 1.82) is 5.26 Å². The molecular formula is C13H13ClN4O2S. The molecule has 2 rings (SSSR count). The van der Waals surface area contributed by atoms with E-state index in [1.807, 2.05) is 6.07 Å². The molecule has 2 aromatic rings. The second-order valence-electron chi connectivity index (χ2n) is 4.54. The number of rotatable bonds is 4. The number of aryl methyl sites for hydroxylation is 1. The van der Waals surface area contributed by atoms with Gasteiger partial charge in [0.1, 0.15) is 4.90 Å². The molecule has 6 nitrogen and oxygen atoms in total. The summed E-state index contributed by atoms with van der Waals surface area (Å²) in [5, 5.41) is 13.0. The molecule has 0 aliphatic heterocycles. The molecule has 0 bridgehead atoms. The van der Waals surface area contributed by atoms with Gasteiger partial charge in [-0.3, -0.25) is 4.68 Å². The standard InChI is InChI=1S/C13H13ClN4O2S/c1-17-8-11(7-16-17)9-18(2)21(19,20)13-5-10(6-15)3-4-12(13)14/h3-5,7-8H,9H2,1-2H3. The minimum Gasteiger partial charge on any atom is -0.275 e. The Morgan fingerprint density at radius 2 is 2.19 bits per heavy atom. The Bertz CT molecular complexity index is 808. The highest BCUT2D eigenvalue weighted by atomic mass is 35.5. The van der Waals surface area contributed by atoms with E-state index in [2.05, 4.69) is 5.10 Å². The van der Waals surface area contributed by atoms with Crippen molar-refractivity contribution in [1.82, 2.24) is 14.1 Å². The van der Waals surface area contributed by atoms with E-state index in [0.717, 1.165) is 5.56 Å². The monoisotopic (exact) mass is 324 g/mol. The average Bonchev–Trinajstić information content (AvgIpc) is 2.84.